The van der Waals surface area contributed by atoms with Crippen LogP contribution in [-0.4, -0.2) is 85.7 Å². The molecule has 4 aliphatic rings. The summed E-state index contributed by atoms with van der Waals surface area (Å²) < 4.78 is 9.59. The molecular formula is C58H62N8O6S. The number of rotatable bonds is 14. The first kappa shape index (κ1) is 48.3. The van der Waals surface area contributed by atoms with Gasteiger partial charge in [0.1, 0.15) is 11.6 Å². The highest BCUT2D eigenvalue weighted by molar-refractivity contribution is 7.22. The quantitative estimate of drug-likeness (QED) is 0.0699. The Morgan fingerprint density at radius 3 is 2.56 bits per heavy atom. The molecule has 3 aliphatic heterocycles. The zero-order valence-electron chi connectivity index (χ0n) is 41.6. The number of hydrogen-bond acceptors (Lipinski definition) is 11. The van der Waals surface area contributed by atoms with Crippen molar-refractivity contribution < 1.29 is 29.0 Å². The zero-order valence-corrected chi connectivity index (χ0v) is 42.4. The molecule has 3 fully saturated rings. The number of amides is 3. The Morgan fingerprint density at radius 1 is 0.877 bits per heavy atom. The van der Waals surface area contributed by atoms with Gasteiger partial charge in [-0.15, -0.1) is 0 Å². The molecule has 0 radical (unpaired) electrons. The summed E-state index contributed by atoms with van der Waals surface area (Å²) in [7, 11) is 1.94. The maximum atomic E-state index is 13.7. The number of unbranched alkanes of at least 4 members (excludes halogenated alkanes) is 1. The van der Waals surface area contributed by atoms with Crippen molar-refractivity contribution in [1.29, 1.82) is 0 Å². The summed E-state index contributed by atoms with van der Waals surface area (Å²) in [6.45, 7) is 6.36. The standard InChI is InChI=1S/C58H62N8O6S/c1-35-41(42-24-26-51(60-54(42)57(70)71)66-31-28-37-11-7-14-43(46(37)34-66)55(68)62-58-59-47-15-3-4-17-50(47)73-58)13-8-16-49(35)72-40-21-18-36(19-22-40)10-5-6-29-65-30-9-12-39(33-65)38-20-23-44-48(32-38)64(2)63-53(44)45-25-27-52(67)61-56(45)69/h3-4,7-8,11,13-17,20,23-24,26,32,36,39-40,45H,5-6,9-10,12,18-19,21-22,25,27-31,33-34H2,1-2H3,(H,70,71)(H,59,62,68)(H,61,67,69)/t36-,39-,40-,45?/m1/s1. The number of carbonyl (C=O) groups is 4. The van der Waals surface area contributed by atoms with Gasteiger partial charge in [0.05, 0.1) is 33.4 Å². The van der Waals surface area contributed by atoms with Crippen LogP contribution in [0.25, 0.3) is 32.2 Å². The maximum absolute atomic E-state index is 13.7. The summed E-state index contributed by atoms with van der Waals surface area (Å²) in [5, 5.41) is 22.3. The minimum Gasteiger partial charge on any atom is -0.490 e. The van der Waals surface area contributed by atoms with E-state index >= 15 is 0 Å². The highest BCUT2D eigenvalue weighted by atomic mass is 32.1. The lowest BCUT2D eigenvalue weighted by molar-refractivity contribution is -0.134. The molecule has 1 unspecified atom stereocenters. The monoisotopic (exact) mass is 998 g/mol. The number of aryl methyl sites for hydroxylation is 1. The van der Waals surface area contributed by atoms with Crippen molar-refractivity contribution in [3.8, 4) is 16.9 Å². The SMILES string of the molecule is Cc1c(O[C@H]2CC[C@H](CCCCN3CCC[C@@H](c4ccc5c(C6CCC(=O)NC6=O)nn(C)c5c4)C3)CC2)cccc1-c1ccc(N2CCc3cccc(C(=O)Nc4nc5ccccc5s4)c3C2)nc1C(=O)O. The molecule has 3 amide bonds. The number of hydrogen-bond donors (Lipinski definition) is 3. The van der Waals surface area contributed by atoms with Crippen LogP contribution in [0.5, 0.6) is 5.75 Å². The number of carboxylic acids is 1. The third kappa shape index (κ3) is 10.2. The average molecular weight is 999 g/mol. The van der Waals surface area contributed by atoms with Gasteiger partial charge >= 0.3 is 5.97 Å². The zero-order chi connectivity index (χ0) is 50.2. The van der Waals surface area contributed by atoms with Gasteiger partial charge in [-0.3, -0.25) is 29.7 Å². The number of carboxylic acid groups (broad SMARTS) is 1. The molecular weight excluding hydrogens is 937 g/mol. The van der Waals surface area contributed by atoms with Crippen molar-refractivity contribution in [2.75, 3.05) is 36.4 Å². The second-order valence-corrected chi connectivity index (χ2v) is 21.6. The highest BCUT2D eigenvalue weighted by Gasteiger charge is 2.33. The first-order valence-corrected chi connectivity index (χ1v) is 26.9. The molecule has 2 atom stereocenters. The van der Waals surface area contributed by atoms with Gasteiger partial charge in [-0.2, -0.15) is 5.10 Å². The van der Waals surface area contributed by atoms with Gasteiger partial charge in [0.2, 0.25) is 11.8 Å². The number of ether oxygens (including phenoxy) is 1. The fraction of sp³-hybridized carbons (Fsp3) is 0.397. The van der Waals surface area contributed by atoms with Gasteiger partial charge in [0.25, 0.3) is 5.91 Å². The number of thiazole rings is 1. The van der Waals surface area contributed by atoms with Crippen LogP contribution in [0.2, 0.25) is 0 Å². The Kier molecular flexibility index (Phi) is 13.8. The van der Waals surface area contributed by atoms with Crippen LogP contribution in [0.15, 0.2) is 91.0 Å². The topological polar surface area (TPSA) is 172 Å². The molecule has 1 aliphatic carbocycles. The van der Waals surface area contributed by atoms with Crippen molar-refractivity contribution in [3.05, 3.63) is 130 Å². The van der Waals surface area contributed by atoms with Crippen LogP contribution >= 0.6 is 11.3 Å². The summed E-state index contributed by atoms with van der Waals surface area (Å²) in [5.74, 6) is 0.305. The first-order chi connectivity index (χ1) is 35.5. The van der Waals surface area contributed by atoms with Gasteiger partial charge in [-0.05, 0) is 160 Å². The maximum Gasteiger partial charge on any atom is 0.355 e. The number of fused-ring (bicyclic) bond motifs is 3. The van der Waals surface area contributed by atoms with E-state index in [0.29, 0.717) is 66.3 Å². The normalized spacial score (nSPS) is 20.5. The van der Waals surface area contributed by atoms with Crippen LogP contribution in [0.4, 0.5) is 10.9 Å². The van der Waals surface area contributed by atoms with Crippen molar-refractivity contribution in [3.63, 3.8) is 0 Å². The summed E-state index contributed by atoms with van der Waals surface area (Å²) in [6, 6.07) is 29.8. The number of likely N-dealkylation sites (tertiary alicyclic amines) is 1. The fourth-order valence-corrected chi connectivity index (χ4v) is 12.8. The molecule has 0 spiro atoms. The molecule has 3 N–H and O–H groups in total. The molecule has 6 heterocycles. The number of pyridine rings is 1. The number of anilines is 2. The van der Waals surface area contributed by atoms with E-state index in [-0.39, 0.29) is 29.5 Å². The lowest BCUT2D eigenvalue weighted by Gasteiger charge is -2.33. The smallest absolute Gasteiger partial charge is 0.355 e. The Bertz CT molecular complexity index is 3220. The second kappa shape index (κ2) is 20.9. The molecule has 73 heavy (non-hydrogen) atoms. The predicted octanol–water partition coefficient (Wildman–Crippen LogP) is 10.6. The molecule has 7 aromatic rings. The number of imide groups is 1. The largest absolute Gasteiger partial charge is 0.490 e. The molecule has 0 bridgehead atoms. The van der Waals surface area contributed by atoms with Gasteiger partial charge < -0.3 is 19.6 Å². The number of nitrogens with zero attached hydrogens (tertiary/aromatic N) is 6. The van der Waals surface area contributed by atoms with E-state index in [9.17, 15) is 24.3 Å². The molecule has 3 aromatic heterocycles. The summed E-state index contributed by atoms with van der Waals surface area (Å²) in [6.07, 6.45) is 11.9. The van der Waals surface area contributed by atoms with Gasteiger partial charge in [-0.1, -0.05) is 72.7 Å². The minimum atomic E-state index is -1.10. The third-order valence-corrected chi connectivity index (χ3v) is 16.8. The lowest BCUT2D eigenvalue weighted by Crippen LogP contribution is -2.39. The number of nitrogens with one attached hydrogen (secondary N) is 2. The van der Waals surface area contributed by atoms with Crippen molar-refractivity contribution in [2.45, 2.75) is 108 Å². The average Bonchev–Trinajstić information content (AvgIpc) is 3.97. The number of para-hydroxylation sites is 1. The number of carbonyl (C=O) groups excluding carboxylic acids is 3. The van der Waals surface area contributed by atoms with E-state index in [0.717, 1.165) is 107 Å². The summed E-state index contributed by atoms with van der Waals surface area (Å²) >= 11 is 1.44. The van der Waals surface area contributed by atoms with E-state index in [1.807, 2.05) is 85.4 Å². The van der Waals surface area contributed by atoms with Crippen LogP contribution < -0.4 is 20.3 Å². The van der Waals surface area contributed by atoms with Crippen LogP contribution in [0.1, 0.15) is 131 Å². The van der Waals surface area contributed by atoms with Crippen molar-refractivity contribution in [1.82, 2.24) is 30.0 Å². The molecule has 14 nitrogen and oxygen atoms in total. The second-order valence-electron chi connectivity index (χ2n) is 20.5. The Labute approximate surface area is 429 Å². The summed E-state index contributed by atoms with van der Waals surface area (Å²) in [4.78, 5) is 65.0. The van der Waals surface area contributed by atoms with Crippen molar-refractivity contribution in [2.24, 2.45) is 13.0 Å². The molecule has 376 valence electrons. The van der Waals surface area contributed by atoms with E-state index in [1.54, 1.807) is 0 Å². The first-order valence-electron chi connectivity index (χ1n) is 26.1. The van der Waals surface area contributed by atoms with E-state index in [2.05, 4.69) is 49.7 Å². The molecule has 4 aromatic carbocycles. The van der Waals surface area contributed by atoms with Crippen LogP contribution in [-0.2, 0) is 29.6 Å². The number of benzene rings is 4. The summed E-state index contributed by atoms with van der Waals surface area (Å²) in [5.41, 5.74) is 8.74. The van der Waals surface area contributed by atoms with Crippen LogP contribution in [0, 0.1) is 12.8 Å². The van der Waals surface area contributed by atoms with Gasteiger partial charge in [0, 0.05) is 49.6 Å². The van der Waals surface area contributed by atoms with E-state index in [4.69, 9.17) is 14.8 Å². The third-order valence-electron chi connectivity index (χ3n) is 15.9. The van der Waals surface area contributed by atoms with E-state index < -0.39 is 11.9 Å². The molecule has 2 saturated heterocycles. The van der Waals surface area contributed by atoms with Crippen LogP contribution in [0.3, 0.4) is 0 Å². The minimum absolute atomic E-state index is 0.0166. The lowest BCUT2D eigenvalue weighted by atomic mass is 9.84. The number of aromatic nitrogens is 4. The fourth-order valence-electron chi connectivity index (χ4n) is 11.9. The highest BCUT2D eigenvalue weighted by Crippen LogP contribution is 2.39. The van der Waals surface area contributed by atoms with Crippen molar-refractivity contribution >= 4 is 67.1 Å². The van der Waals surface area contributed by atoms with E-state index in [1.165, 1.54) is 42.6 Å². The Morgan fingerprint density at radius 2 is 1.73 bits per heavy atom. The Balaban J connectivity index is 0.666. The van der Waals surface area contributed by atoms with Gasteiger partial charge in [-0.25, -0.2) is 14.8 Å². The molecule has 15 heteroatoms. The Hall–Kier alpha value is -6.97. The molecule has 1 saturated carbocycles. The number of piperidine rings is 2. The molecule has 11 rings (SSSR count). The predicted molar refractivity (Wildman–Crippen MR) is 285 cm³/mol. The number of aromatic carboxylic acids is 1. The van der Waals surface area contributed by atoms with Gasteiger partial charge in [0.15, 0.2) is 10.8 Å².